The van der Waals surface area contributed by atoms with Crippen LogP contribution < -0.4 is 24.3 Å². The van der Waals surface area contributed by atoms with Gasteiger partial charge in [0, 0.05) is 37.8 Å². The first-order valence-corrected chi connectivity index (χ1v) is 14.0. The van der Waals surface area contributed by atoms with Crippen molar-refractivity contribution in [3.8, 4) is 28.7 Å². The summed E-state index contributed by atoms with van der Waals surface area (Å²) in [6.45, 7) is -0.865. The highest BCUT2D eigenvalue weighted by Gasteiger charge is 2.47. The van der Waals surface area contributed by atoms with E-state index in [9.17, 15) is 20.1 Å². The molecule has 1 aliphatic carbocycles. The van der Waals surface area contributed by atoms with Crippen LogP contribution in [0.15, 0.2) is 30.3 Å². The molecule has 2 aromatic rings. The van der Waals surface area contributed by atoms with Crippen LogP contribution in [-0.2, 0) is 20.7 Å². The Bertz CT molecular complexity index is 1210. The molecular formula is C30H39F2NO10. The van der Waals surface area contributed by atoms with Gasteiger partial charge in [-0.2, -0.15) is 0 Å². The van der Waals surface area contributed by atoms with E-state index in [1.807, 2.05) is 0 Å². The zero-order chi connectivity index (χ0) is 31.1. The van der Waals surface area contributed by atoms with Gasteiger partial charge in [-0.05, 0) is 41.8 Å². The number of phenolic OH excluding ortho intramolecular Hbond substituents is 1. The van der Waals surface area contributed by atoms with Crippen molar-refractivity contribution in [2.75, 3.05) is 47.9 Å². The predicted molar refractivity (Wildman–Crippen MR) is 149 cm³/mol. The third-order valence-corrected chi connectivity index (χ3v) is 7.95. The van der Waals surface area contributed by atoms with Gasteiger partial charge in [-0.3, -0.25) is 0 Å². The Kier molecular flexibility index (Phi) is 11.0. The zero-order valence-corrected chi connectivity index (χ0v) is 24.3. The number of aromatic hydroxyl groups is 1. The van der Waals surface area contributed by atoms with Gasteiger partial charge in [-0.15, -0.1) is 0 Å². The first kappa shape index (κ1) is 32.7. The second-order valence-corrected chi connectivity index (χ2v) is 10.7. The van der Waals surface area contributed by atoms with E-state index in [1.54, 1.807) is 30.3 Å². The molecule has 2 aromatic carbocycles. The molecule has 0 amide bonds. The molecule has 6 atom stereocenters. The quantitative estimate of drug-likeness (QED) is 0.294. The highest BCUT2D eigenvalue weighted by molar-refractivity contribution is 5.59. The van der Waals surface area contributed by atoms with E-state index in [0.717, 1.165) is 17.4 Å². The summed E-state index contributed by atoms with van der Waals surface area (Å²) in [6, 6.07) is 8.07. The number of nitrogens with one attached hydrogen (secondary N) is 1. The lowest BCUT2D eigenvalue weighted by Crippen LogP contribution is -2.52. The molecule has 5 unspecified atom stereocenters. The van der Waals surface area contributed by atoms with Crippen LogP contribution >= 0.6 is 0 Å². The van der Waals surface area contributed by atoms with E-state index >= 15 is 8.78 Å². The number of alkyl halides is 2. The number of fused-ring (bicyclic) bond motifs is 2. The van der Waals surface area contributed by atoms with Gasteiger partial charge in [0.1, 0.15) is 12.4 Å². The number of para-hydroxylation sites is 1. The van der Waals surface area contributed by atoms with Crippen LogP contribution in [0.5, 0.6) is 28.7 Å². The van der Waals surface area contributed by atoms with Gasteiger partial charge in [-0.1, -0.05) is 6.07 Å². The van der Waals surface area contributed by atoms with Crippen molar-refractivity contribution in [1.82, 2.24) is 5.32 Å². The van der Waals surface area contributed by atoms with Crippen LogP contribution in [0, 0.1) is 11.8 Å². The van der Waals surface area contributed by atoms with E-state index in [4.69, 9.17) is 28.4 Å². The molecule has 5 rings (SSSR count). The summed E-state index contributed by atoms with van der Waals surface area (Å²) in [7, 11) is 4.50. The first-order chi connectivity index (χ1) is 20.6. The molecule has 3 aliphatic rings. The Hall–Kier alpha value is -3.23. The summed E-state index contributed by atoms with van der Waals surface area (Å²) in [5, 5.41) is 31.5. The van der Waals surface area contributed by atoms with E-state index in [2.05, 4.69) is 5.32 Å². The lowest BCUT2D eigenvalue weighted by atomic mass is 9.73. The van der Waals surface area contributed by atoms with Gasteiger partial charge in [0.05, 0.1) is 46.2 Å². The first-order valence-electron chi connectivity index (χ1n) is 14.0. The fourth-order valence-electron chi connectivity index (χ4n) is 5.74. The largest absolute Gasteiger partial charge is 0.502 e. The third kappa shape index (κ3) is 7.47. The standard InChI is InChI=1S/C22H29F2NO7.C8H10O3/c1-29-9-17-13(7-26)2-12-3-18-19(31-11-30-18)6-16(12)21(17)25-10-22(23,24)20-5-14(28)4-15(8-27)32-20;1-10-6-4-3-5-7(11-2)8(6)9/h3,6-7,13-15,17,20-21,25,27-28H,2,4-5,8-11H2,1H3;3-5,9H,1-2H3/t13-,14?,15?,17?,20?,21?;/m0./s1. The molecule has 43 heavy (non-hydrogen) atoms. The van der Waals surface area contributed by atoms with Crippen molar-refractivity contribution < 1.29 is 57.3 Å². The predicted octanol–water partition coefficient (Wildman–Crippen LogP) is 2.63. The summed E-state index contributed by atoms with van der Waals surface area (Å²) in [6.07, 6.45) is -2.12. The molecule has 0 spiro atoms. The van der Waals surface area contributed by atoms with Crippen molar-refractivity contribution in [3.05, 3.63) is 41.5 Å². The number of phenols is 1. The number of ether oxygens (including phenoxy) is 6. The summed E-state index contributed by atoms with van der Waals surface area (Å²) in [5.74, 6) is -2.09. The Morgan fingerprint density at radius 2 is 1.77 bits per heavy atom. The minimum absolute atomic E-state index is 0.0394. The SMILES string of the molecule is COCC1C(NCC(F)(F)C2CC(O)CC(CO)O2)c2cc3c(cc2C[C@H]1C=O)OCO3.COc1cccc(OC)c1O. The molecule has 0 saturated carbocycles. The molecule has 0 bridgehead atoms. The van der Waals surface area contributed by atoms with Crippen molar-refractivity contribution in [2.45, 2.75) is 49.5 Å². The Morgan fingerprint density at radius 3 is 2.37 bits per heavy atom. The number of methoxy groups -OCH3 is 3. The number of aliphatic hydroxyl groups excluding tert-OH is 2. The molecule has 2 aliphatic heterocycles. The summed E-state index contributed by atoms with van der Waals surface area (Å²) < 4.78 is 61.5. The van der Waals surface area contributed by atoms with Crippen LogP contribution in [0.25, 0.3) is 0 Å². The van der Waals surface area contributed by atoms with E-state index < -0.39 is 49.3 Å². The molecule has 11 nitrogen and oxygen atoms in total. The number of aliphatic hydroxyl groups is 2. The van der Waals surface area contributed by atoms with Crippen molar-refractivity contribution in [2.24, 2.45) is 11.8 Å². The molecule has 4 N–H and O–H groups in total. The minimum Gasteiger partial charge on any atom is -0.502 e. The average Bonchev–Trinajstić information content (AvgIpc) is 3.47. The summed E-state index contributed by atoms with van der Waals surface area (Å²) >= 11 is 0. The van der Waals surface area contributed by atoms with Gasteiger partial charge in [0.15, 0.2) is 23.0 Å². The molecule has 0 radical (unpaired) electrons. The number of hydrogen-bond acceptors (Lipinski definition) is 11. The molecule has 1 saturated heterocycles. The molecule has 238 valence electrons. The molecule has 0 aromatic heterocycles. The normalized spacial score (nSPS) is 26.1. The van der Waals surface area contributed by atoms with Crippen molar-refractivity contribution in [1.29, 1.82) is 0 Å². The van der Waals surface area contributed by atoms with Crippen molar-refractivity contribution in [3.63, 3.8) is 0 Å². The zero-order valence-electron chi connectivity index (χ0n) is 24.3. The number of halogens is 2. The molecule has 13 heteroatoms. The van der Waals surface area contributed by atoms with Gasteiger partial charge >= 0.3 is 0 Å². The number of hydrogen-bond donors (Lipinski definition) is 4. The maximum Gasteiger partial charge on any atom is 0.285 e. The number of benzene rings is 2. The molecule has 2 heterocycles. The van der Waals surface area contributed by atoms with Gasteiger partial charge < -0.3 is 53.9 Å². The maximum absolute atomic E-state index is 15.1. The third-order valence-electron chi connectivity index (χ3n) is 7.95. The summed E-state index contributed by atoms with van der Waals surface area (Å²) in [4.78, 5) is 11.8. The van der Waals surface area contributed by atoms with Crippen LogP contribution in [0.2, 0.25) is 0 Å². The Labute approximate surface area is 248 Å². The van der Waals surface area contributed by atoms with Gasteiger partial charge in [0.25, 0.3) is 5.92 Å². The van der Waals surface area contributed by atoms with E-state index in [1.165, 1.54) is 21.3 Å². The van der Waals surface area contributed by atoms with Crippen molar-refractivity contribution >= 4 is 6.29 Å². The smallest absolute Gasteiger partial charge is 0.285 e. The summed E-state index contributed by atoms with van der Waals surface area (Å²) in [5.41, 5.74) is 1.60. The topological polar surface area (TPSA) is 145 Å². The number of aldehydes is 1. The Balaban J connectivity index is 0.000000324. The fraction of sp³-hybridized carbons (Fsp3) is 0.567. The second kappa shape index (κ2) is 14.5. The van der Waals surface area contributed by atoms with Gasteiger partial charge in [0.2, 0.25) is 12.5 Å². The number of rotatable bonds is 10. The van der Waals surface area contributed by atoms with Crippen LogP contribution in [0.3, 0.4) is 0 Å². The molecule has 1 fully saturated rings. The molecular weight excluding hydrogens is 572 g/mol. The highest BCUT2D eigenvalue weighted by Crippen LogP contribution is 2.44. The Morgan fingerprint density at radius 1 is 1.09 bits per heavy atom. The average molecular weight is 612 g/mol. The number of carbonyl (C=O) groups excluding carboxylic acids is 1. The maximum atomic E-state index is 15.1. The lowest BCUT2D eigenvalue weighted by Gasteiger charge is -2.40. The lowest BCUT2D eigenvalue weighted by molar-refractivity contribution is -0.202. The number of carbonyl (C=O) groups is 1. The van der Waals surface area contributed by atoms with E-state index in [-0.39, 0.29) is 37.9 Å². The fourth-order valence-corrected chi connectivity index (χ4v) is 5.74. The van der Waals surface area contributed by atoms with Gasteiger partial charge in [-0.25, -0.2) is 8.78 Å². The van der Waals surface area contributed by atoms with Crippen LogP contribution in [0.4, 0.5) is 8.78 Å². The monoisotopic (exact) mass is 611 g/mol. The van der Waals surface area contributed by atoms with Crippen LogP contribution in [-0.4, -0.2) is 93.7 Å². The highest BCUT2D eigenvalue weighted by atomic mass is 19.3. The second-order valence-electron chi connectivity index (χ2n) is 10.7. The van der Waals surface area contributed by atoms with E-state index in [0.29, 0.717) is 29.4 Å². The minimum atomic E-state index is -3.31. The van der Waals surface area contributed by atoms with Crippen LogP contribution in [0.1, 0.15) is 30.0 Å².